The molecule has 0 spiro atoms. The molecule has 1 saturated heterocycles. The quantitative estimate of drug-likeness (QED) is 0.652. The van der Waals surface area contributed by atoms with Crippen LogP contribution in [0, 0.1) is 0 Å². The average Bonchev–Trinajstić information content (AvgIpc) is 2.46. The van der Waals surface area contributed by atoms with Crippen molar-refractivity contribution >= 4 is 61.4 Å². The predicted molar refractivity (Wildman–Crippen MR) is 68.1 cm³/mol. The fraction of sp³-hybridized carbons (Fsp3) is 1.00. The smallest absolute Gasteiger partial charge is 0.0597 e. The summed E-state index contributed by atoms with van der Waals surface area (Å²) >= 11 is 16.9. The van der Waals surface area contributed by atoms with Gasteiger partial charge in [0.15, 0.2) is 0 Å². The Balaban J connectivity index is 2.41. The van der Waals surface area contributed by atoms with Crippen molar-refractivity contribution in [3.8, 4) is 0 Å². The van der Waals surface area contributed by atoms with Gasteiger partial charge in [0.05, 0.1) is 4.58 Å². The molecule has 0 aromatic heterocycles. The SMILES string of the molecule is SCC1SC(CS)C(CS)S1. The highest BCUT2D eigenvalue weighted by molar-refractivity contribution is 8.21. The van der Waals surface area contributed by atoms with Gasteiger partial charge in [-0.05, 0) is 0 Å². The summed E-state index contributed by atoms with van der Waals surface area (Å²) in [5.74, 6) is 2.89. The Hall–Kier alpha value is 1.75. The molecule has 2 unspecified atom stereocenters. The van der Waals surface area contributed by atoms with E-state index in [2.05, 4.69) is 37.9 Å². The first kappa shape index (κ1) is 10.8. The lowest BCUT2D eigenvalue weighted by atomic mass is 10.3. The van der Waals surface area contributed by atoms with Crippen molar-refractivity contribution < 1.29 is 0 Å². The van der Waals surface area contributed by atoms with Gasteiger partial charge in [-0.3, -0.25) is 0 Å². The highest BCUT2D eigenvalue weighted by Gasteiger charge is 2.32. The van der Waals surface area contributed by atoms with Crippen LogP contribution < -0.4 is 0 Å². The minimum absolute atomic E-state index is 0.660. The van der Waals surface area contributed by atoms with Crippen LogP contribution in [0.15, 0.2) is 0 Å². The highest BCUT2D eigenvalue weighted by atomic mass is 32.2. The average molecular weight is 244 g/mol. The van der Waals surface area contributed by atoms with Gasteiger partial charge in [-0.2, -0.15) is 37.9 Å². The van der Waals surface area contributed by atoms with E-state index >= 15 is 0 Å². The number of thioether (sulfide) groups is 2. The maximum atomic E-state index is 4.32. The van der Waals surface area contributed by atoms with Crippen molar-refractivity contribution in [2.75, 3.05) is 17.3 Å². The van der Waals surface area contributed by atoms with E-state index in [0.717, 1.165) is 17.3 Å². The fourth-order valence-corrected chi connectivity index (χ4v) is 6.00. The first-order valence-electron chi connectivity index (χ1n) is 3.45. The summed E-state index contributed by atoms with van der Waals surface area (Å²) in [6.45, 7) is 0. The Labute approximate surface area is 93.3 Å². The van der Waals surface area contributed by atoms with E-state index in [1.165, 1.54) is 0 Å². The number of rotatable bonds is 3. The second-order valence-corrected chi connectivity index (χ2v) is 6.61. The van der Waals surface area contributed by atoms with Gasteiger partial charge in [0, 0.05) is 27.8 Å². The summed E-state index contributed by atoms with van der Waals surface area (Å²) in [7, 11) is 0. The number of thiol groups is 3. The van der Waals surface area contributed by atoms with E-state index in [9.17, 15) is 0 Å². The Kier molecular flexibility index (Phi) is 5.39. The molecule has 66 valence electrons. The predicted octanol–water partition coefficient (Wildman–Crippen LogP) is 2.32. The van der Waals surface area contributed by atoms with Crippen molar-refractivity contribution in [3.63, 3.8) is 0 Å². The summed E-state index contributed by atoms with van der Waals surface area (Å²) in [5.41, 5.74) is 0. The first-order valence-corrected chi connectivity index (χ1v) is 7.23. The molecule has 5 heteroatoms. The van der Waals surface area contributed by atoms with Gasteiger partial charge in [0.25, 0.3) is 0 Å². The van der Waals surface area contributed by atoms with Crippen molar-refractivity contribution in [2.24, 2.45) is 0 Å². The second-order valence-electron chi connectivity index (χ2n) is 2.33. The van der Waals surface area contributed by atoms with E-state index in [1.807, 2.05) is 23.5 Å². The minimum atomic E-state index is 0.660. The van der Waals surface area contributed by atoms with Crippen LogP contribution in [-0.2, 0) is 0 Å². The Morgan fingerprint density at radius 1 is 0.818 bits per heavy atom. The zero-order valence-electron chi connectivity index (χ0n) is 6.01. The summed E-state index contributed by atoms with van der Waals surface area (Å²) < 4.78 is 0.660. The summed E-state index contributed by atoms with van der Waals surface area (Å²) in [6.07, 6.45) is 0. The molecule has 0 nitrogen and oxygen atoms in total. The molecule has 0 amide bonds. The van der Waals surface area contributed by atoms with E-state index in [4.69, 9.17) is 0 Å². The van der Waals surface area contributed by atoms with Crippen LogP contribution in [0.3, 0.4) is 0 Å². The van der Waals surface area contributed by atoms with Gasteiger partial charge in [0.2, 0.25) is 0 Å². The van der Waals surface area contributed by atoms with Crippen LogP contribution in [0.2, 0.25) is 0 Å². The molecule has 1 heterocycles. The largest absolute Gasteiger partial charge is 0.178 e. The Bertz CT molecular complexity index is 106. The van der Waals surface area contributed by atoms with Crippen LogP contribution in [0.1, 0.15) is 0 Å². The molecule has 2 atom stereocenters. The molecule has 1 aliphatic rings. The van der Waals surface area contributed by atoms with Crippen LogP contribution in [0.4, 0.5) is 0 Å². The van der Waals surface area contributed by atoms with Crippen LogP contribution >= 0.6 is 61.4 Å². The molecule has 1 aliphatic heterocycles. The van der Waals surface area contributed by atoms with E-state index in [0.29, 0.717) is 15.1 Å². The fourth-order valence-electron chi connectivity index (χ4n) is 1.00. The molecule has 0 aromatic carbocycles. The summed E-state index contributed by atoms with van der Waals surface area (Å²) in [5, 5.41) is 1.36. The molecule has 0 aliphatic carbocycles. The maximum absolute atomic E-state index is 4.32. The molecular weight excluding hydrogens is 232 g/mol. The molecule has 1 fully saturated rings. The molecule has 11 heavy (non-hydrogen) atoms. The topological polar surface area (TPSA) is 0 Å². The van der Waals surface area contributed by atoms with E-state index in [-0.39, 0.29) is 0 Å². The molecule has 1 rings (SSSR count). The van der Waals surface area contributed by atoms with Gasteiger partial charge in [0.1, 0.15) is 0 Å². The number of hydrogen-bond donors (Lipinski definition) is 3. The van der Waals surface area contributed by atoms with Gasteiger partial charge in [-0.15, -0.1) is 23.5 Å². The highest BCUT2D eigenvalue weighted by Crippen LogP contribution is 2.44. The Morgan fingerprint density at radius 3 is 1.55 bits per heavy atom. The van der Waals surface area contributed by atoms with Crippen molar-refractivity contribution in [2.45, 2.75) is 15.1 Å². The third-order valence-corrected chi connectivity index (χ3v) is 7.19. The lowest BCUT2D eigenvalue weighted by Gasteiger charge is -2.11. The molecule has 0 bridgehead atoms. The monoisotopic (exact) mass is 244 g/mol. The van der Waals surface area contributed by atoms with E-state index in [1.54, 1.807) is 0 Å². The van der Waals surface area contributed by atoms with Gasteiger partial charge >= 0.3 is 0 Å². The molecule has 0 aromatic rings. The molecule has 0 radical (unpaired) electrons. The molecular formula is C6H12S5. The van der Waals surface area contributed by atoms with E-state index < -0.39 is 0 Å². The standard InChI is InChI=1S/C6H12S5/c7-1-4-5(2-8)11-6(3-9)10-4/h4-9H,1-3H2. The maximum Gasteiger partial charge on any atom is 0.0597 e. The lowest BCUT2D eigenvalue weighted by molar-refractivity contribution is 0.969. The third kappa shape index (κ3) is 2.86. The van der Waals surface area contributed by atoms with Crippen LogP contribution in [0.25, 0.3) is 0 Å². The summed E-state index contributed by atoms with van der Waals surface area (Å²) in [4.78, 5) is 0. The molecule has 0 saturated carbocycles. The number of hydrogen-bond acceptors (Lipinski definition) is 5. The van der Waals surface area contributed by atoms with Crippen molar-refractivity contribution in [1.29, 1.82) is 0 Å². The summed E-state index contributed by atoms with van der Waals surface area (Å²) in [6, 6.07) is 0. The van der Waals surface area contributed by atoms with Gasteiger partial charge in [-0.25, -0.2) is 0 Å². The Morgan fingerprint density at radius 2 is 1.27 bits per heavy atom. The zero-order chi connectivity index (χ0) is 8.27. The second kappa shape index (κ2) is 5.47. The lowest BCUT2D eigenvalue weighted by Crippen LogP contribution is -2.18. The first-order chi connectivity index (χ1) is 5.31. The zero-order valence-corrected chi connectivity index (χ0v) is 10.3. The van der Waals surface area contributed by atoms with Gasteiger partial charge in [-0.1, -0.05) is 0 Å². The molecule has 0 N–H and O–H groups in total. The third-order valence-electron chi connectivity index (χ3n) is 1.58. The van der Waals surface area contributed by atoms with Crippen molar-refractivity contribution in [1.82, 2.24) is 0 Å². The van der Waals surface area contributed by atoms with Crippen LogP contribution in [-0.4, -0.2) is 32.3 Å². The minimum Gasteiger partial charge on any atom is -0.178 e. The van der Waals surface area contributed by atoms with Crippen LogP contribution in [0.5, 0.6) is 0 Å². The van der Waals surface area contributed by atoms with Gasteiger partial charge < -0.3 is 0 Å². The van der Waals surface area contributed by atoms with Crippen molar-refractivity contribution in [3.05, 3.63) is 0 Å². The normalized spacial score (nSPS) is 37.9.